The second-order valence-corrected chi connectivity index (χ2v) is 6.62. The highest BCUT2D eigenvalue weighted by molar-refractivity contribution is 7.99. The van der Waals surface area contributed by atoms with Gasteiger partial charge in [0.2, 0.25) is 0 Å². The van der Waals surface area contributed by atoms with Gasteiger partial charge in [0.1, 0.15) is 21.2 Å². The molecular weight excluding hydrogens is 360 g/mol. The first-order chi connectivity index (χ1) is 11.0. The minimum atomic E-state index is -1.20. The Morgan fingerprint density at radius 2 is 2.17 bits per heavy atom. The van der Waals surface area contributed by atoms with Gasteiger partial charge in [0.05, 0.1) is 25.6 Å². The molecule has 2 aromatic rings. The van der Waals surface area contributed by atoms with Crippen LogP contribution in [-0.2, 0) is 11.0 Å². The number of nitrogens with one attached hydrogen (secondary N) is 1. The Morgan fingerprint density at radius 1 is 1.39 bits per heavy atom. The maximum absolute atomic E-state index is 11.3. The summed E-state index contributed by atoms with van der Waals surface area (Å²) >= 11 is 7.18. The lowest BCUT2D eigenvalue weighted by Crippen LogP contribution is -2.02. The third-order valence-electron chi connectivity index (χ3n) is 2.42. The number of methoxy groups -OCH3 is 1. The van der Waals surface area contributed by atoms with Crippen LogP contribution in [0.1, 0.15) is 6.92 Å². The Kier molecular flexibility index (Phi) is 6.43. The molecule has 1 atom stereocenters. The molecule has 2 rings (SSSR count). The van der Waals surface area contributed by atoms with E-state index in [0.717, 1.165) is 0 Å². The summed E-state index contributed by atoms with van der Waals surface area (Å²) in [6.45, 7) is 2.36. The highest BCUT2D eigenvalue weighted by Gasteiger charge is 2.11. The molecule has 0 fully saturated rings. The van der Waals surface area contributed by atoms with Gasteiger partial charge in [0.25, 0.3) is 5.88 Å². The van der Waals surface area contributed by atoms with Crippen molar-refractivity contribution in [2.75, 3.05) is 24.7 Å². The van der Waals surface area contributed by atoms with Crippen LogP contribution in [0.15, 0.2) is 28.5 Å². The largest absolute Gasteiger partial charge is 0.487 e. The Hall–Kier alpha value is -1.58. The minimum Gasteiger partial charge on any atom is -0.487 e. The fourth-order valence-electron chi connectivity index (χ4n) is 1.63. The van der Waals surface area contributed by atoms with E-state index in [1.54, 1.807) is 18.3 Å². The zero-order chi connectivity index (χ0) is 16.8. The fraction of sp³-hybridized carbons (Fsp3) is 0.308. The average Bonchev–Trinajstić information content (AvgIpc) is 2.47. The van der Waals surface area contributed by atoms with Crippen molar-refractivity contribution in [1.82, 2.24) is 15.0 Å². The van der Waals surface area contributed by atoms with E-state index >= 15 is 0 Å². The van der Waals surface area contributed by atoms with E-state index in [0.29, 0.717) is 34.1 Å². The summed E-state index contributed by atoms with van der Waals surface area (Å²) < 4.78 is 24.6. The van der Waals surface area contributed by atoms with E-state index in [2.05, 4.69) is 19.7 Å². The molecule has 2 heterocycles. The van der Waals surface area contributed by atoms with Gasteiger partial charge in [-0.1, -0.05) is 11.6 Å². The van der Waals surface area contributed by atoms with Gasteiger partial charge in [0.15, 0.2) is 10.9 Å². The van der Waals surface area contributed by atoms with Crippen LogP contribution in [0.4, 0.5) is 5.69 Å². The van der Waals surface area contributed by atoms with Crippen LogP contribution in [0.25, 0.3) is 0 Å². The Bertz CT molecular complexity index is 718. The van der Waals surface area contributed by atoms with Gasteiger partial charge in [-0.05, 0) is 30.8 Å². The molecule has 0 aliphatic rings. The van der Waals surface area contributed by atoms with Gasteiger partial charge in [-0.2, -0.15) is 4.98 Å². The number of anilines is 1. The van der Waals surface area contributed by atoms with Crippen LogP contribution in [-0.4, -0.2) is 39.1 Å². The first kappa shape index (κ1) is 17.8. The molecule has 0 saturated heterocycles. The molecule has 7 nitrogen and oxygen atoms in total. The monoisotopic (exact) mass is 374 g/mol. The quantitative estimate of drug-likeness (QED) is 0.589. The standard InChI is InChI=1S/C13H15ClN4O3S2/c1-4-21-9-7-15-13(17-12(9)20-2)22-11-6-8(18-23(3)19)5-10(14)16-11/h5-7H,4H2,1-3H3,(H,16,18). The summed E-state index contributed by atoms with van der Waals surface area (Å²) in [5, 5.41) is 1.28. The van der Waals surface area contributed by atoms with Gasteiger partial charge in [-0.3, -0.25) is 0 Å². The van der Waals surface area contributed by atoms with Crippen LogP contribution < -0.4 is 14.2 Å². The fourth-order valence-corrected chi connectivity index (χ4v) is 3.09. The van der Waals surface area contributed by atoms with Gasteiger partial charge in [-0.25, -0.2) is 14.2 Å². The number of halogens is 1. The minimum absolute atomic E-state index is 0.279. The molecule has 1 N–H and O–H groups in total. The van der Waals surface area contributed by atoms with E-state index in [-0.39, 0.29) is 5.15 Å². The molecule has 0 bridgehead atoms. The third-order valence-corrected chi connectivity index (χ3v) is 3.94. The number of ether oxygens (including phenoxy) is 2. The highest BCUT2D eigenvalue weighted by atomic mass is 35.5. The van der Waals surface area contributed by atoms with Crippen LogP contribution >= 0.6 is 23.4 Å². The van der Waals surface area contributed by atoms with Crippen LogP contribution in [0, 0.1) is 0 Å². The second-order valence-electron chi connectivity index (χ2n) is 4.13. The van der Waals surface area contributed by atoms with Crippen molar-refractivity contribution < 1.29 is 13.7 Å². The molecule has 23 heavy (non-hydrogen) atoms. The van der Waals surface area contributed by atoms with Gasteiger partial charge in [-0.15, -0.1) is 0 Å². The predicted octanol–water partition coefficient (Wildman–Crippen LogP) is 2.79. The summed E-state index contributed by atoms with van der Waals surface area (Å²) in [5.74, 6) is 0.821. The third kappa shape index (κ3) is 5.22. The van der Waals surface area contributed by atoms with Gasteiger partial charge < -0.3 is 14.2 Å². The molecule has 10 heteroatoms. The van der Waals surface area contributed by atoms with Crippen molar-refractivity contribution in [3.8, 4) is 11.6 Å². The van der Waals surface area contributed by atoms with Gasteiger partial charge >= 0.3 is 0 Å². The lowest BCUT2D eigenvalue weighted by atomic mass is 10.4. The molecular formula is C13H15ClN4O3S2. The first-order valence-electron chi connectivity index (χ1n) is 6.51. The molecule has 1 unspecified atom stereocenters. The maximum Gasteiger partial charge on any atom is 0.260 e. The normalized spacial score (nSPS) is 11.8. The number of aromatic nitrogens is 3. The summed E-state index contributed by atoms with van der Waals surface area (Å²) in [5.41, 5.74) is 0.603. The average molecular weight is 375 g/mol. The lowest BCUT2D eigenvalue weighted by Gasteiger charge is -2.09. The Balaban J connectivity index is 2.24. The molecule has 124 valence electrons. The number of pyridine rings is 1. The van der Waals surface area contributed by atoms with Gasteiger partial charge in [0, 0.05) is 6.26 Å². The molecule has 0 spiro atoms. The summed E-state index contributed by atoms with van der Waals surface area (Å²) in [7, 11) is 0.306. The van der Waals surface area contributed by atoms with E-state index in [9.17, 15) is 4.21 Å². The summed E-state index contributed by atoms with van der Waals surface area (Å²) in [6, 6.07) is 3.30. The van der Waals surface area contributed by atoms with E-state index in [1.807, 2.05) is 6.92 Å². The van der Waals surface area contributed by atoms with Crippen LogP contribution in [0.3, 0.4) is 0 Å². The second kappa shape index (κ2) is 8.32. The summed E-state index contributed by atoms with van der Waals surface area (Å²) in [6.07, 6.45) is 3.07. The van der Waals surface area contributed by atoms with Crippen LogP contribution in [0.2, 0.25) is 5.15 Å². The van der Waals surface area contributed by atoms with Crippen LogP contribution in [0.5, 0.6) is 11.6 Å². The topological polar surface area (TPSA) is 86.2 Å². The highest BCUT2D eigenvalue weighted by Crippen LogP contribution is 2.31. The molecule has 0 aliphatic carbocycles. The van der Waals surface area contributed by atoms with Crippen molar-refractivity contribution in [2.24, 2.45) is 0 Å². The molecule has 0 amide bonds. The number of rotatable bonds is 7. The van der Waals surface area contributed by atoms with E-state index in [1.165, 1.54) is 25.1 Å². The van der Waals surface area contributed by atoms with Crippen molar-refractivity contribution in [2.45, 2.75) is 17.1 Å². The molecule has 0 saturated carbocycles. The predicted molar refractivity (Wildman–Crippen MR) is 90.8 cm³/mol. The smallest absolute Gasteiger partial charge is 0.260 e. The van der Waals surface area contributed by atoms with Crippen molar-refractivity contribution in [1.29, 1.82) is 0 Å². The lowest BCUT2D eigenvalue weighted by molar-refractivity contribution is 0.299. The SMILES string of the molecule is CCOc1cnc(Sc2cc(NS(C)=O)cc(Cl)n2)nc1OC. The Labute approximate surface area is 145 Å². The first-order valence-corrected chi connectivity index (χ1v) is 9.26. The van der Waals surface area contributed by atoms with Crippen molar-refractivity contribution in [3.05, 3.63) is 23.5 Å². The zero-order valence-corrected chi connectivity index (χ0v) is 15.1. The zero-order valence-electron chi connectivity index (χ0n) is 12.7. The molecule has 0 radical (unpaired) electrons. The van der Waals surface area contributed by atoms with Crippen molar-refractivity contribution in [3.63, 3.8) is 0 Å². The van der Waals surface area contributed by atoms with E-state index in [4.69, 9.17) is 21.1 Å². The van der Waals surface area contributed by atoms with E-state index < -0.39 is 11.0 Å². The van der Waals surface area contributed by atoms with Crippen molar-refractivity contribution >= 4 is 40.0 Å². The number of hydrogen-bond donors (Lipinski definition) is 1. The Morgan fingerprint density at radius 3 is 2.83 bits per heavy atom. The number of hydrogen-bond acceptors (Lipinski definition) is 7. The molecule has 2 aromatic heterocycles. The summed E-state index contributed by atoms with van der Waals surface area (Å²) in [4.78, 5) is 12.7. The molecule has 0 aliphatic heterocycles. The maximum atomic E-state index is 11.3. The number of nitrogens with zero attached hydrogens (tertiary/aromatic N) is 3. The molecule has 0 aromatic carbocycles.